The highest BCUT2D eigenvalue weighted by molar-refractivity contribution is 7.98. The maximum Gasteiger partial charge on any atom is 0.118 e. The molecule has 2 nitrogen and oxygen atoms in total. The van der Waals surface area contributed by atoms with Crippen LogP contribution in [0.2, 0.25) is 0 Å². The predicted molar refractivity (Wildman–Crippen MR) is 84.1 cm³/mol. The summed E-state index contributed by atoms with van der Waals surface area (Å²) in [5.41, 5.74) is 1.41. The van der Waals surface area contributed by atoms with Gasteiger partial charge in [0.1, 0.15) is 5.75 Å². The van der Waals surface area contributed by atoms with Gasteiger partial charge in [-0.05, 0) is 49.1 Å². The molecular formula is C16H25NOS. The van der Waals surface area contributed by atoms with Crippen molar-refractivity contribution in [2.45, 2.75) is 38.3 Å². The van der Waals surface area contributed by atoms with Crippen LogP contribution in [0.4, 0.5) is 0 Å². The van der Waals surface area contributed by atoms with E-state index < -0.39 is 0 Å². The summed E-state index contributed by atoms with van der Waals surface area (Å²) in [6.07, 6.45) is 6.10. The Kier molecular flexibility index (Phi) is 5.59. The van der Waals surface area contributed by atoms with E-state index in [0.29, 0.717) is 12.1 Å². The van der Waals surface area contributed by atoms with Crippen LogP contribution in [0.5, 0.6) is 5.75 Å². The average molecular weight is 279 g/mol. The van der Waals surface area contributed by atoms with Crippen molar-refractivity contribution in [1.82, 2.24) is 5.32 Å². The van der Waals surface area contributed by atoms with Crippen molar-refractivity contribution >= 4 is 11.8 Å². The fourth-order valence-electron chi connectivity index (χ4n) is 2.48. The molecule has 0 aromatic heterocycles. The molecule has 0 aliphatic heterocycles. The lowest BCUT2D eigenvalue weighted by Gasteiger charge is -2.25. The fraction of sp³-hybridized carbons (Fsp3) is 0.625. The number of hydrogen-bond acceptors (Lipinski definition) is 3. The predicted octanol–water partition coefficient (Wildman–Crippen LogP) is 3.88. The monoisotopic (exact) mass is 279 g/mol. The molecule has 2 rings (SSSR count). The van der Waals surface area contributed by atoms with Crippen molar-refractivity contribution in [3.05, 3.63) is 29.8 Å². The molecule has 0 bridgehead atoms. The van der Waals surface area contributed by atoms with Crippen LogP contribution in [0.3, 0.4) is 0 Å². The molecular weight excluding hydrogens is 254 g/mol. The first kappa shape index (κ1) is 14.7. The molecule has 19 heavy (non-hydrogen) atoms. The largest absolute Gasteiger partial charge is 0.497 e. The Bertz CT molecular complexity index is 375. The first-order valence-corrected chi connectivity index (χ1v) is 8.56. The van der Waals surface area contributed by atoms with Crippen LogP contribution >= 0.6 is 11.8 Å². The summed E-state index contributed by atoms with van der Waals surface area (Å²) in [5.74, 6) is 2.95. The molecule has 3 heteroatoms. The molecule has 2 atom stereocenters. The van der Waals surface area contributed by atoms with Gasteiger partial charge in [-0.2, -0.15) is 11.8 Å². The normalized spacial score (nSPS) is 18.1. The molecule has 0 heterocycles. The zero-order chi connectivity index (χ0) is 13.7. The van der Waals surface area contributed by atoms with E-state index in [-0.39, 0.29) is 0 Å². The number of nitrogens with one attached hydrogen (secondary N) is 1. The highest BCUT2D eigenvalue weighted by atomic mass is 32.2. The Balaban J connectivity index is 2.05. The van der Waals surface area contributed by atoms with Crippen molar-refractivity contribution in [2.24, 2.45) is 5.92 Å². The van der Waals surface area contributed by atoms with Gasteiger partial charge in [0.05, 0.1) is 7.11 Å². The van der Waals surface area contributed by atoms with E-state index >= 15 is 0 Å². The molecule has 2 unspecified atom stereocenters. The van der Waals surface area contributed by atoms with Crippen molar-refractivity contribution in [3.8, 4) is 5.75 Å². The SMILES string of the molecule is CCC(CSC)NC(c1ccc(OC)cc1)C1CC1. The zero-order valence-electron chi connectivity index (χ0n) is 12.2. The van der Waals surface area contributed by atoms with Crippen molar-refractivity contribution < 1.29 is 4.74 Å². The summed E-state index contributed by atoms with van der Waals surface area (Å²) in [6.45, 7) is 2.27. The minimum absolute atomic E-state index is 0.517. The maximum absolute atomic E-state index is 5.24. The Morgan fingerprint density at radius 3 is 2.47 bits per heavy atom. The first-order chi connectivity index (χ1) is 9.28. The quantitative estimate of drug-likeness (QED) is 0.780. The van der Waals surface area contributed by atoms with Crippen LogP contribution < -0.4 is 10.1 Å². The second-order valence-electron chi connectivity index (χ2n) is 5.32. The lowest BCUT2D eigenvalue weighted by Crippen LogP contribution is -2.35. The Hall–Kier alpha value is -0.670. The molecule has 1 aliphatic rings. The number of benzene rings is 1. The summed E-state index contributed by atoms with van der Waals surface area (Å²) in [4.78, 5) is 0. The summed E-state index contributed by atoms with van der Waals surface area (Å²) in [7, 11) is 1.72. The topological polar surface area (TPSA) is 21.3 Å². The van der Waals surface area contributed by atoms with Gasteiger partial charge in [0, 0.05) is 17.8 Å². The van der Waals surface area contributed by atoms with E-state index in [0.717, 1.165) is 11.7 Å². The van der Waals surface area contributed by atoms with Crippen LogP contribution in [-0.4, -0.2) is 25.2 Å². The van der Waals surface area contributed by atoms with E-state index in [1.807, 2.05) is 11.8 Å². The molecule has 0 saturated heterocycles. The lowest BCUT2D eigenvalue weighted by molar-refractivity contribution is 0.408. The Morgan fingerprint density at radius 1 is 1.32 bits per heavy atom. The Labute approximate surface area is 121 Å². The van der Waals surface area contributed by atoms with Crippen molar-refractivity contribution in [1.29, 1.82) is 0 Å². The molecule has 1 saturated carbocycles. The molecule has 1 aromatic rings. The minimum atomic E-state index is 0.517. The van der Waals surface area contributed by atoms with Crippen molar-refractivity contribution in [3.63, 3.8) is 0 Å². The second kappa shape index (κ2) is 7.20. The molecule has 0 amide bonds. The van der Waals surface area contributed by atoms with Gasteiger partial charge >= 0.3 is 0 Å². The van der Waals surface area contributed by atoms with Gasteiger partial charge < -0.3 is 10.1 Å². The molecule has 106 valence electrons. The highest BCUT2D eigenvalue weighted by Crippen LogP contribution is 2.41. The Morgan fingerprint density at radius 2 is 2.00 bits per heavy atom. The van der Waals surface area contributed by atoms with Crippen LogP contribution in [0.1, 0.15) is 37.8 Å². The first-order valence-electron chi connectivity index (χ1n) is 7.17. The van der Waals surface area contributed by atoms with Crippen LogP contribution in [-0.2, 0) is 0 Å². The van der Waals surface area contributed by atoms with Crippen LogP contribution in [0, 0.1) is 5.92 Å². The third kappa shape index (κ3) is 4.15. The van der Waals surface area contributed by atoms with Gasteiger partial charge in [0.2, 0.25) is 0 Å². The third-order valence-electron chi connectivity index (χ3n) is 3.84. The molecule has 1 N–H and O–H groups in total. The number of rotatable bonds is 8. The van der Waals surface area contributed by atoms with Gasteiger partial charge in [0.15, 0.2) is 0 Å². The van der Waals surface area contributed by atoms with Gasteiger partial charge in [-0.25, -0.2) is 0 Å². The summed E-state index contributed by atoms with van der Waals surface area (Å²) in [5, 5.41) is 3.86. The molecule has 1 fully saturated rings. The number of ether oxygens (including phenoxy) is 1. The number of hydrogen-bond donors (Lipinski definition) is 1. The smallest absolute Gasteiger partial charge is 0.118 e. The van der Waals surface area contributed by atoms with E-state index in [2.05, 4.69) is 42.8 Å². The standard InChI is InChI=1S/C16H25NOS/c1-4-14(11-19-3)17-16(12-5-6-12)13-7-9-15(18-2)10-8-13/h7-10,12,14,16-17H,4-6,11H2,1-3H3. The second-order valence-corrected chi connectivity index (χ2v) is 6.23. The maximum atomic E-state index is 5.24. The minimum Gasteiger partial charge on any atom is -0.497 e. The van der Waals surface area contributed by atoms with Gasteiger partial charge in [-0.3, -0.25) is 0 Å². The highest BCUT2D eigenvalue weighted by Gasteiger charge is 2.33. The summed E-state index contributed by atoms with van der Waals surface area (Å²) in [6, 6.07) is 9.69. The number of thioether (sulfide) groups is 1. The van der Waals surface area contributed by atoms with Gasteiger partial charge in [-0.15, -0.1) is 0 Å². The molecule has 1 aromatic carbocycles. The zero-order valence-corrected chi connectivity index (χ0v) is 13.0. The van der Waals surface area contributed by atoms with E-state index in [1.165, 1.54) is 30.6 Å². The van der Waals surface area contributed by atoms with Crippen LogP contribution in [0.15, 0.2) is 24.3 Å². The molecule has 0 radical (unpaired) electrons. The van der Waals surface area contributed by atoms with E-state index in [1.54, 1.807) is 7.11 Å². The summed E-state index contributed by atoms with van der Waals surface area (Å²) < 4.78 is 5.24. The molecule has 0 spiro atoms. The van der Waals surface area contributed by atoms with Gasteiger partial charge in [0.25, 0.3) is 0 Å². The summed E-state index contributed by atoms with van der Waals surface area (Å²) >= 11 is 1.93. The van der Waals surface area contributed by atoms with E-state index in [4.69, 9.17) is 4.74 Å². The third-order valence-corrected chi connectivity index (χ3v) is 4.58. The van der Waals surface area contributed by atoms with Crippen LogP contribution in [0.25, 0.3) is 0 Å². The average Bonchev–Trinajstić information content (AvgIpc) is 3.28. The van der Waals surface area contributed by atoms with E-state index in [9.17, 15) is 0 Å². The number of methoxy groups -OCH3 is 1. The fourth-order valence-corrected chi connectivity index (χ4v) is 3.22. The van der Waals surface area contributed by atoms with Gasteiger partial charge in [-0.1, -0.05) is 19.1 Å². The lowest BCUT2D eigenvalue weighted by atomic mass is 10.0. The molecule has 1 aliphatic carbocycles. The van der Waals surface area contributed by atoms with Crippen molar-refractivity contribution in [2.75, 3.05) is 19.1 Å².